The zero-order valence-corrected chi connectivity index (χ0v) is 8.96. The largest absolute Gasteiger partial charge is 0.465 e. The monoisotopic (exact) mass is 304 g/mol. The summed E-state index contributed by atoms with van der Waals surface area (Å²) in [5.74, 6) is 0. The fourth-order valence-electron chi connectivity index (χ4n) is 0.879. The molecule has 0 aromatic heterocycles. The highest BCUT2D eigenvalue weighted by Gasteiger charge is 2.00. The van der Waals surface area contributed by atoms with Gasteiger partial charge in [0.25, 0.3) is 0 Å². The topological polar surface area (TPSA) is 98.1 Å². The van der Waals surface area contributed by atoms with Crippen molar-refractivity contribution in [3.63, 3.8) is 0 Å². The predicted octanol–water partition coefficient (Wildman–Crippen LogP) is 3.32. The molecule has 0 bridgehead atoms. The quantitative estimate of drug-likeness (QED) is 0.379. The van der Waals surface area contributed by atoms with Crippen molar-refractivity contribution in [1.29, 1.82) is 0 Å². The van der Waals surface area contributed by atoms with E-state index in [1.807, 2.05) is 22.6 Å². The van der Waals surface area contributed by atoms with E-state index in [1.54, 1.807) is 12.1 Å². The molecule has 0 fully saturated rings. The molecule has 0 heterocycles. The molecule has 0 aliphatic carbocycles. The van der Waals surface area contributed by atoms with Crippen LogP contribution in [0.1, 0.15) is 0 Å². The van der Waals surface area contributed by atoms with Crippen LogP contribution in [0.25, 0.3) is 10.4 Å². The first-order valence-electron chi connectivity index (χ1n) is 3.47. The SMILES string of the molecule is [N-]=[N+]=Nc1cc(I)cc(NC(=O)O)c1. The number of amides is 1. The number of hydrogen-bond acceptors (Lipinski definition) is 2. The summed E-state index contributed by atoms with van der Waals surface area (Å²) in [5.41, 5.74) is 8.96. The van der Waals surface area contributed by atoms with Gasteiger partial charge < -0.3 is 5.11 Å². The Morgan fingerprint density at radius 1 is 1.57 bits per heavy atom. The zero-order chi connectivity index (χ0) is 10.6. The van der Waals surface area contributed by atoms with E-state index in [2.05, 4.69) is 15.3 Å². The molecule has 0 aliphatic rings. The van der Waals surface area contributed by atoms with E-state index < -0.39 is 6.09 Å². The number of carbonyl (C=O) groups is 1. The van der Waals surface area contributed by atoms with Gasteiger partial charge in [-0.2, -0.15) is 0 Å². The minimum Gasteiger partial charge on any atom is -0.465 e. The lowest BCUT2D eigenvalue weighted by Crippen LogP contribution is -2.06. The number of azide groups is 1. The van der Waals surface area contributed by atoms with Crippen LogP contribution in [-0.2, 0) is 0 Å². The third-order valence-corrected chi connectivity index (χ3v) is 1.92. The number of benzene rings is 1. The first-order chi connectivity index (χ1) is 6.61. The standard InChI is InChI=1S/C7H5IN4O2/c8-4-1-5(10-7(13)14)3-6(2-4)11-12-9/h1-3,10H,(H,13,14). The molecule has 0 saturated heterocycles. The van der Waals surface area contributed by atoms with E-state index in [0.29, 0.717) is 11.4 Å². The van der Waals surface area contributed by atoms with Gasteiger partial charge in [-0.15, -0.1) is 0 Å². The number of anilines is 1. The van der Waals surface area contributed by atoms with Gasteiger partial charge in [0.05, 0.1) is 0 Å². The minimum absolute atomic E-state index is 0.378. The van der Waals surface area contributed by atoms with Gasteiger partial charge in [0.15, 0.2) is 0 Å². The van der Waals surface area contributed by atoms with Crippen molar-refractivity contribution in [2.75, 3.05) is 5.32 Å². The molecular weight excluding hydrogens is 299 g/mol. The van der Waals surface area contributed by atoms with Crippen molar-refractivity contribution in [3.8, 4) is 0 Å². The summed E-state index contributed by atoms with van der Waals surface area (Å²) in [7, 11) is 0. The normalized spacial score (nSPS) is 8.93. The Morgan fingerprint density at radius 3 is 2.86 bits per heavy atom. The van der Waals surface area contributed by atoms with Gasteiger partial charge in [0.1, 0.15) is 0 Å². The maximum Gasteiger partial charge on any atom is 0.409 e. The highest BCUT2D eigenvalue weighted by molar-refractivity contribution is 14.1. The number of nitrogens with one attached hydrogen (secondary N) is 1. The number of nitrogens with zero attached hydrogens (tertiary/aromatic N) is 3. The minimum atomic E-state index is -1.15. The predicted molar refractivity (Wildman–Crippen MR) is 59.6 cm³/mol. The summed E-state index contributed by atoms with van der Waals surface area (Å²) in [5, 5.41) is 14.0. The van der Waals surface area contributed by atoms with E-state index in [1.165, 1.54) is 6.07 Å². The van der Waals surface area contributed by atoms with Gasteiger partial charge in [0.2, 0.25) is 0 Å². The first-order valence-corrected chi connectivity index (χ1v) is 4.55. The third-order valence-electron chi connectivity index (χ3n) is 1.29. The lowest BCUT2D eigenvalue weighted by atomic mass is 10.3. The summed E-state index contributed by atoms with van der Waals surface area (Å²) < 4.78 is 0.788. The highest BCUT2D eigenvalue weighted by atomic mass is 127. The van der Waals surface area contributed by atoms with E-state index in [4.69, 9.17) is 10.6 Å². The van der Waals surface area contributed by atoms with E-state index >= 15 is 0 Å². The molecule has 2 N–H and O–H groups in total. The Labute approximate surface area is 92.7 Å². The van der Waals surface area contributed by atoms with E-state index in [9.17, 15) is 4.79 Å². The van der Waals surface area contributed by atoms with Crippen LogP contribution in [0.4, 0.5) is 16.2 Å². The Hall–Kier alpha value is -1.47. The van der Waals surface area contributed by atoms with Crippen LogP contribution in [0.2, 0.25) is 0 Å². The number of rotatable bonds is 2. The van der Waals surface area contributed by atoms with Gasteiger partial charge in [-0.1, -0.05) is 5.11 Å². The van der Waals surface area contributed by atoms with Gasteiger partial charge >= 0.3 is 6.09 Å². The summed E-state index contributed by atoms with van der Waals surface area (Å²) >= 11 is 2.00. The van der Waals surface area contributed by atoms with Crippen LogP contribution < -0.4 is 5.32 Å². The number of halogens is 1. The first kappa shape index (κ1) is 10.6. The maximum absolute atomic E-state index is 10.3. The summed E-state index contributed by atoms with van der Waals surface area (Å²) in [4.78, 5) is 12.9. The molecule has 6 nitrogen and oxygen atoms in total. The molecule has 0 aliphatic heterocycles. The van der Waals surface area contributed by atoms with Crippen molar-refractivity contribution in [3.05, 3.63) is 32.2 Å². The molecule has 14 heavy (non-hydrogen) atoms. The van der Waals surface area contributed by atoms with Crippen LogP contribution in [-0.4, -0.2) is 11.2 Å². The molecular formula is C7H5IN4O2. The van der Waals surface area contributed by atoms with Gasteiger partial charge in [-0.3, -0.25) is 5.32 Å². The number of hydrogen-bond donors (Lipinski definition) is 2. The molecule has 0 radical (unpaired) electrons. The fraction of sp³-hybridized carbons (Fsp3) is 0. The zero-order valence-electron chi connectivity index (χ0n) is 6.81. The summed E-state index contributed by atoms with van der Waals surface area (Å²) in [6.07, 6.45) is -1.15. The highest BCUT2D eigenvalue weighted by Crippen LogP contribution is 2.22. The lowest BCUT2D eigenvalue weighted by molar-refractivity contribution is 0.210. The van der Waals surface area contributed by atoms with Crippen molar-refractivity contribution in [2.24, 2.45) is 5.11 Å². The summed E-state index contributed by atoms with van der Waals surface area (Å²) in [6.45, 7) is 0. The molecule has 0 atom stereocenters. The average molecular weight is 304 g/mol. The summed E-state index contributed by atoms with van der Waals surface area (Å²) in [6, 6.07) is 4.73. The molecule has 1 amide bonds. The molecule has 1 aromatic carbocycles. The van der Waals surface area contributed by atoms with E-state index in [-0.39, 0.29) is 0 Å². The van der Waals surface area contributed by atoms with Crippen LogP contribution in [0, 0.1) is 3.57 Å². The third kappa shape index (κ3) is 3.11. The maximum atomic E-state index is 10.3. The second kappa shape index (κ2) is 4.68. The second-order valence-electron chi connectivity index (χ2n) is 2.32. The van der Waals surface area contributed by atoms with Crippen molar-refractivity contribution in [2.45, 2.75) is 0 Å². The molecule has 1 aromatic rings. The molecule has 0 unspecified atom stereocenters. The Bertz CT molecular complexity index is 414. The van der Waals surface area contributed by atoms with Crippen molar-refractivity contribution >= 4 is 40.1 Å². The molecule has 0 saturated carbocycles. The fourth-order valence-corrected chi connectivity index (χ4v) is 1.53. The Kier molecular flexibility index (Phi) is 3.55. The molecule has 1 rings (SSSR count). The van der Waals surface area contributed by atoms with Gasteiger partial charge in [-0.25, -0.2) is 4.79 Å². The smallest absolute Gasteiger partial charge is 0.409 e. The molecule has 0 spiro atoms. The van der Waals surface area contributed by atoms with Crippen LogP contribution in [0.3, 0.4) is 0 Å². The second-order valence-corrected chi connectivity index (χ2v) is 3.56. The lowest BCUT2D eigenvalue weighted by Gasteiger charge is -2.02. The van der Waals surface area contributed by atoms with Crippen molar-refractivity contribution < 1.29 is 9.90 Å². The molecule has 7 heteroatoms. The Balaban J connectivity index is 3.06. The van der Waals surface area contributed by atoms with Crippen molar-refractivity contribution in [1.82, 2.24) is 0 Å². The van der Waals surface area contributed by atoms with Gasteiger partial charge in [-0.05, 0) is 46.3 Å². The van der Waals surface area contributed by atoms with Crippen LogP contribution >= 0.6 is 22.6 Å². The Morgan fingerprint density at radius 2 is 2.29 bits per heavy atom. The van der Waals surface area contributed by atoms with Gasteiger partial charge in [0, 0.05) is 19.9 Å². The molecule has 72 valence electrons. The van der Waals surface area contributed by atoms with Crippen LogP contribution in [0.5, 0.6) is 0 Å². The van der Waals surface area contributed by atoms with E-state index in [0.717, 1.165) is 3.57 Å². The average Bonchev–Trinajstić information content (AvgIpc) is 2.01. The van der Waals surface area contributed by atoms with Crippen LogP contribution in [0.15, 0.2) is 23.3 Å². The number of carboxylic acid groups (broad SMARTS) is 1.